The summed E-state index contributed by atoms with van der Waals surface area (Å²) in [6.07, 6.45) is 0. The Bertz CT molecular complexity index is 1680. The number of rotatable bonds is 6. The number of fused-ring (bicyclic) bond motifs is 3. The molecule has 0 amide bonds. The van der Waals surface area contributed by atoms with Gasteiger partial charge in [0.1, 0.15) is 23.0 Å². The van der Waals surface area contributed by atoms with Crippen LogP contribution in [0, 0.1) is 13.8 Å². The molecular formula is C39H30O2. The SMILES string of the molecule is Cc1ccc(Oc2ccc(C3(c4ccc(Oc5ccc(C)cc5)cc4)c4ccccc4-c4ccccc43)cc2)cc1. The van der Waals surface area contributed by atoms with Gasteiger partial charge in [0.25, 0.3) is 0 Å². The molecule has 198 valence electrons. The Morgan fingerprint density at radius 3 is 1.05 bits per heavy atom. The largest absolute Gasteiger partial charge is 0.457 e. The standard InChI is InChI=1S/C39H30O2/c1-27-11-19-31(20-12-27)40-33-23-15-29(16-24-33)39(37-9-5-3-7-35(37)36-8-4-6-10-38(36)39)30-17-25-34(26-18-30)41-32-21-13-28(2)14-22-32/h3-26H,1-2H3. The number of ether oxygens (including phenoxy) is 2. The number of hydrogen-bond donors (Lipinski definition) is 0. The fourth-order valence-electron chi connectivity index (χ4n) is 6.05. The van der Waals surface area contributed by atoms with E-state index in [2.05, 4.69) is 135 Å². The molecule has 6 aromatic carbocycles. The molecule has 0 spiro atoms. The molecule has 0 unspecified atom stereocenters. The van der Waals surface area contributed by atoms with Crippen molar-refractivity contribution in [1.82, 2.24) is 0 Å². The average molecular weight is 531 g/mol. The van der Waals surface area contributed by atoms with E-state index in [1.807, 2.05) is 24.3 Å². The van der Waals surface area contributed by atoms with Crippen LogP contribution in [-0.2, 0) is 5.41 Å². The average Bonchev–Trinajstić information content (AvgIpc) is 3.32. The van der Waals surface area contributed by atoms with Crippen molar-refractivity contribution in [2.75, 3.05) is 0 Å². The second-order valence-electron chi connectivity index (χ2n) is 10.7. The van der Waals surface area contributed by atoms with E-state index in [9.17, 15) is 0 Å². The van der Waals surface area contributed by atoms with Gasteiger partial charge in [-0.3, -0.25) is 0 Å². The van der Waals surface area contributed by atoms with Gasteiger partial charge in [-0.2, -0.15) is 0 Å². The Morgan fingerprint density at radius 2 is 0.683 bits per heavy atom. The van der Waals surface area contributed by atoms with E-state index in [1.165, 1.54) is 44.5 Å². The van der Waals surface area contributed by atoms with Crippen LogP contribution in [0.4, 0.5) is 0 Å². The third kappa shape index (κ3) is 4.38. The smallest absolute Gasteiger partial charge is 0.127 e. The minimum Gasteiger partial charge on any atom is -0.457 e. The normalized spacial score (nSPS) is 12.8. The van der Waals surface area contributed by atoms with Gasteiger partial charge in [-0.05, 0) is 95.8 Å². The molecule has 0 N–H and O–H groups in total. The lowest BCUT2D eigenvalue weighted by molar-refractivity contribution is 0.482. The van der Waals surface area contributed by atoms with Crippen LogP contribution in [0.3, 0.4) is 0 Å². The molecule has 0 radical (unpaired) electrons. The predicted octanol–water partition coefficient (Wildman–Crippen LogP) is 10.3. The zero-order valence-corrected chi connectivity index (χ0v) is 23.2. The number of benzene rings is 6. The Hall–Kier alpha value is -5.08. The van der Waals surface area contributed by atoms with E-state index in [0.717, 1.165) is 23.0 Å². The first kappa shape index (κ1) is 24.9. The van der Waals surface area contributed by atoms with Crippen LogP contribution >= 0.6 is 0 Å². The molecule has 6 aromatic rings. The quantitative estimate of drug-likeness (QED) is 0.213. The van der Waals surface area contributed by atoms with Crippen molar-refractivity contribution >= 4 is 0 Å². The minimum absolute atomic E-state index is 0.474. The van der Waals surface area contributed by atoms with Crippen molar-refractivity contribution in [2.45, 2.75) is 19.3 Å². The maximum Gasteiger partial charge on any atom is 0.127 e. The lowest BCUT2D eigenvalue weighted by Crippen LogP contribution is -2.28. The predicted molar refractivity (Wildman–Crippen MR) is 166 cm³/mol. The molecular weight excluding hydrogens is 500 g/mol. The summed E-state index contributed by atoms with van der Waals surface area (Å²) >= 11 is 0. The molecule has 0 fully saturated rings. The first-order chi connectivity index (χ1) is 20.1. The summed E-state index contributed by atoms with van der Waals surface area (Å²) in [4.78, 5) is 0. The monoisotopic (exact) mass is 530 g/mol. The molecule has 0 aromatic heterocycles. The molecule has 2 nitrogen and oxygen atoms in total. The van der Waals surface area contributed by atoms with Crippen molar-refractivity contribution in [3.05, 3.63) is 179 Å². The summed E-state index contributed by atoms with van der Waals surface area (Å²) in [7, 11) is 0. The molecule has 0 saturated carbocycles. The van der Waals surface area contributed by atoms with Crippen molar-refractivity contribution in [2.24, 2.45) is 0 Å². The molecule has 0 heterocycles. The van der Waals surface area contributed by atoms with E-state index < -0.39 is 5.41 Å². The van der Waals surface area contributed by atoms with Crippen LogP contribution in [0.15, 0.2) is 146 Å². The molecule has 0 bridgehead atoms. The lowest BCUT2D eigenvalue weighted by Gasteiger charge is -2.34. The second-order valence-corrected chi connectivity index (χ2v) is 10.7. The third-order valence-corrected chi connectivity index (χ3v) is 8.04. The van der Waals surface area contributed by atoms with E-state index in [0.29, 0.717) is 0 Å². The molecule has 41 heavy (non-hydrogen) atoms. The van der Waals surface area contributed by atoms with Gasteiger partial charge in [0, 0.05) is 0 Å². The van der Waals surface area contributed by atoms with Crippen molar-refractivity contribution in [3.63, 3.8) is 0 Å². The lowest BCUT2D eigenvalue weighted by atomic mass is 9.68. The Labute approximate surface area is 241 Å². The Kier molecular flexibility index (Phi) is 6.17. The number of hydrogen-bond acceptors (Lipinski definition) is 2. The van der Waals surface area contributed by atoms with E-state index in [4.69, 9.17) is 9.47 Å². The summed E-state index contributed by atoms with van der Waals surface area (Å²) in [6, 6.07) is 51.0. The van der Waals surface area contributed by atoms with Crippen molar-refractivity contribution < 1.29 is 9.47 Å². The van der Waals surface area contributed by atoms with Crippen molar-refractivity contribution in [1.29, 1.82) is 0 Å². The van der Waals surface area contributed by atoms with Gasteiger partial charge in [-0.15, -0.1) is 0 Å². The number of aryl methyl sites for hydroxylation is 2. The maximum absolute atomic E-state index is 6.19. The molecule has 1 aliphatic carbocycles. The third-order valence-electron chi connectivity index (χ3n) is 8.04. The summed E-state index contributed by atoms with van der Waals surface area (Å²) < 4.78 is 12.4. The molecule has 0 saturated heterocycles. The Balaban J connectivity index is 1.34. The van der Waals surface area contributed by atoms with E-state index in [1.54, 1.807) is 0 Å². The molecule has 7 rings (SSSR count). The second kappa shape index (κ2) is 10.1. The summed E-state index contributed by atoms with van der Waals surface area (Å²) in [5.41, 5.74) is 9.42. The highest BCUT2D eigenvalue weighted by atomic mass is 16.5. The van der Waals surface area contributed by atoms with Gasteiger partial charge in [-0.1, -0.05) is 108 Å². The van der Waals surface area contributed by atoms with Crippen LogP contribution in [0.1, 0.15) is 33.4 Å². The van der Waals surface area contributed by atoms with Crippen molar-refractivity contribution in [3.8, 4) is 34.1 Å². The Morgan fingerprint density at radius 1 is 0.366 bits per heavy atom. The fourth-order valence-corrected chi connectivity index (χ4v) is 6.05. The van der Waals surface area contributed by atoms with Crippen LogP contribution in [-0.4, -0.2) is 0 Å². The van der Waals surface area contributed by atoms with Crippen LogP contribution < -0.4 is 9.47 Å². The van der Waals surface area contributed by atoms with E-state index >= 15 is 0 Å². The van der Waals surface area contributed by atoms with Crippen LogP contribution in [0.2, 0.25) is 0 Å². The van der Waals surface area contributed by atoms with Gasteiger partial charge in [-0.25, -0.2) is 0 Å². The topological polar surface area (TPSA) is 18.5 Å². The highest BCUT2D eigenvalue weighted by molar-refractivity contribution is 5.86. The summed E-state index contributed by atoms with van der Waals surface area (Å²) in [5, 5.41) is 0. The highest BCUT2D eigenvalue weighted by Crippen LogP contribution is 2.56. The van der Waals surface area contributed by atoms with Gasteiger partial charge in [0.05, 0.1) is 5.41 Å². The summed E-state index contributed by atoms with van der Waals surface area (Å²) in [6.45, 7) is 4.16. The summed E-state index contributed by atoms with van der Waals surface area (Å²) in [5.74, 6) is 3.29. The van der Waals surface area contributed by atoms with Gasteiger partial charge in [0.2, 0.25) is 0 Å². The zero-order chi connectivity index (χ0) is 27.8. The fraction of sp³-hybridized carbons (Fsp3) is 0.0769. The minimum atomic E-state index is -0.474. The zero-order valence-electron chi connectivity index (χ0n) is 23.2. The first-order valence-corrected chi connectivity index (χ1v) is 14.0. The molecule has 1 aliphatic rings. The first-order valence-electron chi connectivity index (χ1n) is 14.0. The highest BCUT2D eigenvalue weighted by Gasteiger charge is 2.45. The van der Waals surface area contributed by atoms with Gasteiger partial charge < -0.3 is 9.47 Å². The molecule has 2 heteroatoms. The van der Waals surface area contributed by atoms with Crippen LogP contribution in [0.25, 0.3) is 11.1 Å². The van der Waals surface area contributed by atoms with E-state index in [-0.39, 0.29) is 0 Å². The van der Waals surface area contributed by atoms with Gasteiger partial charge in [0.15, 0.2) is 0 Å². The van der Waals surface area contributed by atoms with Gasteiger partial charge >= 0.3 is 0 Å². The molecule has 0 aliphatic heterocycles. The maximum atomic E-state index is 6.19. The van der Waals surface area contributed by atoms with Crippen LogP contribution in [0.5, 0.6) is 23.0 Å². The molecule has 0 atom stereocenters.